The lowest BCUT2D eigenvalue weighted by atomic mass is 9.94. The monoisotopic (exact) mass is 762 g/mol. The van der Waals surface area contributed by atoms with Crippen LogP contribution in [0.15, 0.2) is 83.8 Å². The molecule has 14 nitrogen and oxygen atoms in total. The molecule has 0 radical (unpaired) electrons. The fourth-order valence-electron chi connectivity index (χ4n) is 6.78. The Kier molecular flexibility index (Phi) is 12.0. The molecule has 0 aliphatic carbocycles. The number of halogens is 1. The third kappa shape index (κ3) is 8.91. The lowest BCUT2D eigenvalue weighted by Gasteiger charge is -2.35. The first kappa shape index (κ1) is 38.3. The summed E-state index contributed by atoms with van der Waals surface area (Å²) in [5.41, 5.74) is 10.6. The average molecular weight is 763 g/mol. The Labute approximate surface area is 322 Å². The summed E-state index contributed by atoms with van der Waals surface area (Å²) < 4.78 is 25.8. The number of hydrogen-bond acceptors (Lipinski definition) is 10. The molecule has 0 saturated carbocycles. The second-order valence-electron chi connectivity index (χ2n) is 13.8. The Bertz CT molecular complexity index is 2290. The normalized spacial score (nSPS) is 14.4. The van der Waals surface area contributed by atoms with E-state index >= 15 is 0 Å². The smallest absolute Gasteiger partial charge is 0.272 e. The number of H-pyrrole nitrogens is 1. The zero-order valence-corrected chi connectivity index (χ0v) is 30.8. The van der Waals surface area contributed by atoms with E-state index in [1.807, 2.05) is 18.2 Å². The molecule has 7 rings (SSSR count). The summed E-state index contributed by atoms with van der Waals surface area (Å²) in [5.74, 6) is -1.19. The van der Waals surface area contributed by atoms with Gasteiger partial charge in [0, 0.05) is 68.8 Å². The lowest BCUT2D eigenvalue weighted by Crippen LogP contribution is -2.52. The molecular formula is C41H43FN8O6. The average Bonchev–Trinajstić information content (AvgIpc) is 3.19. The molecule has 0 atom stereocenters. The van der Waals surface area contributed by atoms with Gasteiger partial charge in [0.2, 0.25) is 5.91 Å². The molecule has 0 bridgehead atoms. The van der Waals surface area contributed by atoms with Gasteiger partial charge in [0.15, 0.2) is 5.69 Å². The molecule has 5 aromatic rings. The van der Waals surface area contributed by atoms with Crippen molar-refractivity contribution in [3.8, 4) is 11.1 Å². The highest BCUT2D eigenvalue weighted by molar-refractivity contribution is 5.98. The number of ether oxygens (including phenoxy) is 2. The number of fused-ring (bicyclic) bond motifs is 1. The van der Waals surface area contributed by atoms with Crippen molar-refractivity contribution in [2.24, 2.45) is 0 Å². The first-order valence-electron chi connectivity index (χ1n) is 18.6. The first-order chi connectivity index (χ1) is 27.2. The fourth-order valence-corrected chi connectivity index (χ4v) is 6.78. The molecule has 56 heavy (non-hydrogen) atoms. The maximum atomic E-state index is 14.9. The Morgan fingerprint density at radius 2 is 1.68 bits per heavy atom. The van der Waals surface area contributed by atoms with Crippen LogP contribution in [0.25, 0.3) is 21.9 Å². The minimum atomic E-state index is -0.630. The van der Waals surface area contributed by atoms with Crippen LogP contribution < -0.4 is 21.9 Å². The van der Waals surface area contributed by atoms with Gasteiger partial charge in [-0.3, -0.25) is 19.2 Å². The summed E-state index contributed by atoms with van der Waals surface area (Å²) in [6, 6.07) is 21.4. The maximum Gasteiger partial charge on any atom is 0.272 e. The summed E-state index contributed by atoms with van der Waals surface area (Å²) in [6.07, 6.45) is 1.94. The van der Waals surface area contributed by atoms with Gasteiger partial charge < -0.3 is 35.6 Å². The van der Waals surface area contributed by atoms with Crippen LogP contribution in [-0.4, -0.2) is 115 Å². The summed E-state index contributed by atoms with van der Waals surface area (Å²) in [6.45, 7) is 3.98. The molecule has 0 spiro atoms. The van der Waals surface area contributed by atoms with Crippen molar-refractivity contribution in [1.82, 2.24) is 35.6 Å². The van der Waals surface area contributed by atoms with Crippen molar-refractivity contribution in [2.45, 2.75) is 12.3 Å². The molecule has 15 heteroatoms. The Balaban J connectivity index is 0.789. The van der Waals surface area contributed by atoms with Crippen molar-refractivity contribution < 1.29 is 28.2 Å². The van der Waals surface area contributed by atoms with E-state index < -0.39 is 17.6 Å². The summed E-state index contributed by atoms with van der Waals surface area (Å²) in [4.78, 5) is 58.6. The van der Waals surface area contributed by atoms with Crippen molar-refractivity contribution in [2.75, 3.05) is 78.0 Å². The Hall–Kier alpha value is -6.03. The van der Waals surface area contributed by atoms with Gasteiger partial charge in [-0.2, -0.15) is 5.10 Å². The van der Waals surface area contributed by atoms with Gasteiger partial charge >= 0.3 is 0 Å². The van der Waals surface area contributed by atoms with E-state index in [1.54, 1.807) is 46.3 Å². The number of benzene rings is 3. The van der Waals surface area contributed by atoms with Gasteiger partial charge in [-0.15, -0.1) is 0 Å². The number of nitrogen functional groups attached to an aromatic ring is 1. The number of amides is 3. The van der Waals surface area contributed by atoms with Crippen LogP contribution in [0, 0.1) is 5.82 Å². The van der Waals surface area contributed by atoms with Crippen LogP contribution in [-0.2, 0) is 20.7 Å². The van der Waals surface area contributed by atoms with Crippen molar-refractivity contribution >= 4 is 34.2 Å². The minimum absolute atomic E-state index is 0.0514. The van der Waals surface area contributed by atoms with Gasteiger partial charge in [-0.05, 0) is 41.0 Å². The van der Waals surface area contributed by atoms with Gasteiger partial charge in [-0.25, -0.2) is 14.5 Å². The highest BCUT2D eigenvalue weighted by Gasteiger charge is 2.27. The van der Waals surface area contributed by atoms with E-state index in [-0.39, 0.29) is 61.2 Å². The van der Waals surface area contributed by atoms with Crippen molar-refractivity contribution in [1.29, 1.82) is 0 Å². The minimum Gasteiger partial charge on any atom is -0.397 e. The molecule has 3 amide bonds. The van der Waals surface area contributed by atoms with E-state index in [2.05, 4.69) is 37.9 Å². The predicted octanol–water partition coefficient (Wildman–Crippen LogP) is 2.73. The van der Waals surface area contributed by atoms with Crippen molar-refractivity contribution in [3.63, 3.8) is 0 Å². The number of hydrogen-bond donors (Lipinski definition) is 4. The van der Waals surface area contributed by atoms with Crippen LogP contribution >= 0.6 is 0 Å². The zero-order valence-electron chi connectivity index (χ0n) is 30.8. The van der Waals surface area contributed by atoms with Crippen LogP contribution in [0.5, 0.6) is 0 Å². The molecule has 4 heterocycles. The molecule has 2 aromatic heterocycles. The highest BCUT2D eigenvalue weighted by atomic mass is 19.1. The second kappa shape index (κ2) is 17.6. The zero-order chi connectivity index (χ0) is 39.0. The molecule has 5 N–H and O–H groups in total. The van der Waals surface area contributed by atoms with Crippen LogP contribution in [0.2, 0.25) is 0 Å². The molecule has 3 aromatic carbocycles. The number of nitrogens with one attached hydrogen (secondary N) is 3. The number of nitrogens with zero attached hydrogens (tertiary/aromatic N) is 4. The number of pyridine rings is 1. The van der Waals surface area contributed by atoms with E-state index in [9.17, 15) is 23.6 Å². The van der Waals surface area contributed by atoms with Crippen LogP contribution in [0.1, 0.15) is 43.6 Å². The number of carbonyl (C=O) groups excluding carboxylic acids is 3. The van der Waals surface area contributed by atoms with E-state index in [4.69, 9.17) is 15.2 Å². The topological polar surface area (TPSA) is 185 Å². The van der Waals surface area contributed by atoms with Gasteiger partial charge in [0.25, 0.3) is 17.4 Å². The number of carbonyl (C=O) groups is 3. The quantitative estimate of drug-likeness (QED) is 0.123. The van der Waals surface area contributed by atoms with Gasteiger partial charge in [0.05, 0.1) is 55.3 Å². The largest absolute Gasteiger partial charge is 0.397 e. The van der Waals surface area contributed by atoms with E-state index in [1.165, 1.54) is 17.7 Å². The maximum absolute atomic E-state index is 14.9. The molecule has 2 aliphatic rings. The number of anilines is 1. The van der Waals surface area contributed by atoms with Gasteiger partial charge in [-0.1, -0.05) is 48.5 Å². The Morgan fingerprint density at radius 3 is 2.45 bits per heavy atom. The number of aromatic nitrogens is 3. The molecule has 0 unspecified atom stereocenters. The number of aromatic amines is 1. The lowest BCUT2D eigenvalue weighted by molar-refractivity contribution is -0.131. The third-order valence-corrected chi connectivity index (χ3v) is 10.0. The SMILES string of the molecule is Nc1cc(-c2cccc(C3COC3)c2)cnc1C(=O)NCCOCCNCC(=O)N1CCN(C(=O)c2cc(Cc3n[nH]c(=O)c4ccccc34)ccc2F)CC1. The summed E-state index contributed by atoms with van der Waals surface area (Å²) >= 11 is 0. The standard InChI is InChI=1S/C41H43FN8O6/c42-34-9-8-26(19-36-31-6-1-2-7-32(31)39(52)48-47-36)18-33(34)41(54)50-14-12-49(13-15-50)37(51)23-44-10-16-55-17-11-45-40(53)38-35(43)21-29(22-46-38)27-4-3-5-28(20-27)30-24-56-25-30/h1-9,18,20-22,30,44H,10-17,19,23-25,43H2,(H,45,53)(H,48,52). The van der Waals surface area contributed by atoms with E-state index in [0.29, 0.717) is 60.6 Å². The second-order valence-corrected chi connectivity index (χ2v) is 13.8. The molecule has 2 saturated heterocycles. The van der Waals surface area contributed by atoms with E-state index in [0.717, 1.165) is 24.3 Å². The van der Waals surface area contributed by atoms with Crippen LogP contribution in [0.3, 0.4) is 0 Å². The number of piperazine rings is 1. The highest BCUT2D eigenvalue weighted by Crippen LogP contribution is 2.29. The molecular weight excluding hydrogens is 719 g/mol. The van der Waals surface area contributed by atoms with Gasteiger partial charge in [0.1, 0.15) is 5.82 Å². The molecule has 290 valence electrons. The third-order valence-electron chi connectivity index (χ3n) is 10.0. The molecule has 2 fully saturated rings. The number of nitrogens with two attached hydrogens (primary N) is 1. The first-order valence-corrected chi connectivity index (χ1v) is 18.6. The summed E-state index contributed by atoms with van der Waals surface area (Å²) in [5, 5.41) is 13.7. The van der Waals surface area contributed by atoms with Crippen molar-refractivity contribution in [3.05, 3.63) is 123 Å². The molecule has 2 aliphatic heterocycles. The Morgan fingerprint density at radius 1 is 0.911 bits per heavy atom. The summed E-state index contributed by atoms with van der Waals surface area (Å²) in [7, 11) is 0. The van der Waals surface area contributed by atoms with Crippen LogP contribution in [0.4, 0.5) is 10.1 Å². The fraction of sp³-hybridized carbons (Fsp3) is 0.317. The predicted molar refractivity (Wildman–Crippen MR) is 208 cm³/mol. The number of rotatable bonds is 14.